The van der Waals surface area contributed by atoms with E-state index >= 15 is 0 Å². The molecule has 1 aliphatic heterocycles. The minimum atomic E-state index is -4.26. The van der Waals surface area contributed by atoms with Crippen LogP contribution in [0.4, 0.5) is 16.3 Å². The number of nitrogens with one attached hydrogen (secondary N) is 3. The summed E-state index contributed by atoms with van der Waals surface area (Å²) in [7, 11) is -4.26. The number of benzene rings is 2. The number of aromatic nitrogens is 2. The molecule has 0 radical (unpaired) electrons. The van der Waals surface area contributed by atoms with Crippen molar-refractivity contribution >= 4 is 62.8 Å². The van der Waals surface area contributed by atoms with Crippen LogP contribution in [-0.4, -0.2) is 40.3 Å². The summed E-state index contributed by atoms with van der Waals surface area (Å²) in [5.41, 5.74) is 1.51. The summed E-state index contributed by atoms with van der Waals surface area (Å²) in [4.78, 5) is 36.4. The Balaban J connectivity index is 1.65. The second-order valence-corrected chi connectivity index (χ2v) is 11.6. The van der Waals surface area contributed by atoms with Gasteiger partial charge in [0.05, 0.1) is 33.7 Å². The van der Waals surface area contributed by atoms with Crippen LogP contribution in [0.15, 0.2) is 48.5 Å². The van der Waals surface area contributed by atoms with Crippen LogP contribution in [0.2, 0.25) is 10.0 Å². The fourth-order valence-electron chi connectivity index (χ4n) is 3.45. The molecule has 0 spiro atoms. The van der Waals surface area contributed by atoms with Crippen molar-refractivity contribution in [2.45, 2.75) is 32.7 Å². The summed E-state index contributed by atoms with van der Waals surface area (Å²) in [5, 5.41) is 10.5. The molecule has 0 aliphatic carbocycles. The van der Waals surface area contributed by atoms with Gasteiger partial charge in [-0.1, -0.05) is 62.2 Å². The minimum Gasteiger partial charge on any atom is -0.306 e. The molecule has 194 valence electrons. The number of anilines is 2. The van der Waals surface area contributed by atoms with E-state index in [-0.39, 0.29) is 22.0 Å². The monoisotopic (exact) mass is 564 g/mol. The summed E-state index contributed by atoms with van der Waals surface area (Å²) in [5.74, 6) is -2.06. The molecule has 2 aromatic carbocycles. The van der Waals surface area contributed by atoms with Gasteiger partial charge in [-0.3, -0.25) is 14.9 Å². The average molecular weight is 565 g/mol. The summed E-state index contributed by atoms with van der Waals surface area (Å²) in [6, 6.07) is 12.5. The normalized spacial score (nSPS) is 15.0. The molecule has 11 nitrogen and oxygen atoms in total. The van der Waals surface area contributed by atoms with Gasteiger partial charge in [0.15, 0.2) is 0 Å². The highest BCUT2D eigenvalue weighted by Gasteiger charge is 2.41. The second-order valence-electron chi connectivity index (χ2n) is 9.18. The number of rotatable bonds is 5. The molecule has 0 unspecified atom stereocenters. The van der Waals surface area contributed by atoms with Crippen molar-refractivity contribution in [3.8, 4) is 5.69 Å². The number of carbonyl (C=O) groups is 3. The highest BCUT2D eigenvalue weighted by molar-refractivity contribution is 7.89. The first-order valence-corrected chi connectivity index (χ1v) is 13.1. The molecule has 1 fully saturated rings. The quantitative estimate of drug-likeness (QED) is 0.402. The number of halogens is 2. The van der Waals surface area contributed by atoms with Gasteiger partial charge in [-0.2, -0.15) is 13.5 Å². The lowest BCUT2D eigenvalue weighted by Crippen LogP contribution is -2.31. The first-order chi connectivity index (χ1) is 17.3. The van der Waals surface area contributed by atoms with E-state index in [1.807, 2.05) is 20.8 Å². The topological polar surface area (TPSA) is 142 Å². The number of nitrogens with zero attached hydrogens (tertiary/aromatic N) is 3. The zero-order valence-corrected chi connectivity index (χ0v) is 22.2. The summed E-state index contributed by atoms with van der Waals surface area (Å²) >= 11 is 12.2. The maximum absolute atomic E-state index is 12.8. The fourth-order valence-corrected chi connectivity index (χ4v) is 4.85. The van der Waals surface area contributed by atoms with Crippen LogP contribution in [0.3, 0.4) is 0 Å². The maximum atomic E-state index is 12.8. The molecule has 2 heterocycles. The molecule has 1 aliphatic rings. The van der Waals surface area contributed by atoms with E-state index < -0.39 is 28.1 Å². The van der Waals surface area contributed by atoms with E-state index in [1.165, 1.54) is 4.68 Å². The largest absolute Gasteiger partial charge is 0.329 e. The SMILES string of the molecule is CC(C)(C)c1cc(NC(=O)Nc2cccc(Cl)c2Cl)n(-c2cccc(CN3C(=O)C(=O)NS3(=O)=O)c2)n1. The van der Waals surface area contributed by atoms with Crippen LogP contribution >= 0.6 is 23.2 Å². The van der Waals surface area contributed by atoms with E-state index in [0.29, 0.717) is 32.8 Å². The van der Waals surface area contributed by atoms with Crippen LogP contribution in [0.1, 0.15) is 32.0 Å². The van der Waals surface area contributed by atoms with Crippen molar-refractivity contribution < 1.29 is 22.8 Å². The third-order valence-electron chi connectivity index (χ3n) is 5.33. The van der Waals surface area contributed by atoms with Gasteiger partial charge in [0.1, 0.15) is 5.82 Å². The Kier molecular flexibility index (Phi) is 6.93. The second kappa shape index (κ2) is 9.69. The molecule has 0 bridgehead atoms. The molecule has 0 saturated carbocycles. The fraction of sp³-hybridized carbons (Fsp3) is 0.217. The first-order valence-electron chi connectivity index (χ1n) is 10.9. The van der Waals surface area contributed by atoms with Crippen LogP contribution < -0.4 is 15.4 Å². The molecule has 3 N–H and O–H groups in total. The van der Waals surface area contributed by atoms with Crippen LogP contribution in [0.5, 0.6) is 0 Å². The van der Waals surface area contributed by atoms with Gasteiger partial charge < -0.3 is 5.32 Å². The van der Waals surface area contributed by atoms with Gasteiger partial charge in [0, 0.05) is 11.5 Å². The minimum absolute atomic E-state index is 0.190. The molecule has 3 aromatic rings. The average Bonchev–Trinajstić information content (AvgIpc) is 3.31. The Labute approximate surface area is 222 Å². The van der Waals surface area contributed by atoms with Crippen LogP contribution in [-0.2, 0) is 31.8 Å². The van der Waals surface area contributed by atoms with E-state index in [9.17, 15) is 22.8 Å². The number of urea groups is 1. The van der Waals surface area contributed by atoms with Gasteiger partial charge in [0.25, 0.3) is 0 Å². The van der Waals surface area contributed by atoms with Crippen molar-refractivity contribution in [3.05, 3.63) is 69.8 Å². The molecule has 4 amide bonds. The molecular weight excluding hydrogens is 543 g/mol. The first kappa shape index (κ1) is 26.5. The van der Waals surface area contributed by atoms with Crippen molar-refractivity contribution in [2.75, 3.05) is 10.6 Å². The van der Waals surface area contributed by atoms with Crippen molar-refractivity contribution in [3.63, 3.8) is 0 Å². The van der Waals surface area contributed by atoms with Gasteiger partial charge in [0.2, 0.25) is 0 Å². The molecule has 1 saturated heterocycles. The summed E-state index contributed by atoms with van der Waals surface area (Å²) in [6.07, 6.45) is 0. The number of hydrogen-bond donors (Lipinski definition) is 3. The number of hydrogen-bond acceptors (Lipinski definition) is 6. The molecule has 0 atom stereocenters. The number of amides is 4. The molecule has 37 heavy (non-hydrogen) atoms. The zero-order chi connectivity index (χ0) is 27.1. The predicted molar refractivity (Wildman–Crippen MR) is 139 cm³/mol. The van der Waals surface area contributed by atoms with E-state index in [4.69, 9.17) is 23.2 Å². The molecule has 14 heteroatoms. The van der Waals surface area contributed by atoms with E-state index in [2.05, 4.69) is 15.7 Å². The van der Waals surface area contributed by atoms with Crippen molar-refractivity contribution in [1.29, 1.82) is 0 Å². The van der Waals surface area contributed by atoms with Crippen molar-refractivity contribution in [1.82, 2.24) is 18.8 Å². The van der Waals surface area contributed by atoms with Crippen LogP contribution in [0.25, 0.3) is 5.69 Å². The van der Waals surface area contributed by atoms with Crippen LogP contribution in [0, 0.1) is 0 Å². The smallest absolute Gasteiger partial charge is 0.306 e. The Morgan fingerprint density at radius 3 is 2.41 bits per heavy atom. The van der Waals surface area contributed by atoms with E-state index in [1.54, 1.807) is 53.3 Å². The van der Waals surface area contributed by atoms with Gasteiger partial charge >= 0.3 is 28.1 Å². The van der Waals surface area contributed by atoms with E-state index in [0.717, 1.165) is 0 Å². The third kappa shape index (κ3) is 5.55. The van der Waals surface area contributed by atoms with Crippen molar-refractivity contribution in [2.24, 2.45) is 0 Å². The highest BCUT2D eigenvalue weighted by atomic mass is 35.5. The lowest BCUT2D eigenvalue weighted by molar-refractivity contribution is -0.140. The summed E-state index contributed by atoms with van der Waals surface area (Å²) < 4.78 is 27.8. The molecule has 4 rings (SSSR count). The summed E-state index contributed by atoms with van der Waals surface area (Å²) in [6.45, 7) is 5.51. The Bertz CT molecular complexity index is 1530. The van der Waals surface area contributed by atoms with Gasteiger partial charge in [-0.15, -0.1) is 0 Å². The Morgan fingerprint density at radius 2 is 1.76 bits per heavy atom. The predicted octanol–water partition coefficient (Wildman–Crippen LogP) is 3.82. The number of carbonyl (C=O) groups excluding carboxylic acids is 3. The maximum Gasteiger partial charge on any atom is 0.329 e. The molecule has 1 aromatic heterocycles. The van der Waals surface area contributed by atoms with Gasteiger partial charge in [-0.25, -0.2) is 18.5 Å². The molecular formula is C23H22Cl2N6O5S. The Morgan fingerprint density at radius 1 is 1.05 bits per heavy atom. The highest BCUT2D eigenvalue weighted by Crippen LogP contribution is 2.30. The Hall–Kier alpha value is -3.61. The lowest BCUT2D eigenvalue weighted by atomic mass is 9.92. The van der Waals surface area contributed by atoms with Gasteiger partial charge in [-0.05, 0) is 29.8 Å². The zero-order valence-electron chi connectivity index (χ0n) is 19.9. The third-order valence-corrected chi connectivity index (χ3v) is 7.47. The standard InChI is InChI=1S/C23H22Cl2N6O5S/c1-23(2,3)17-11-18(27-22(34)26-16-9-5-8-15(24)19(16)25)31(28-17)14-7-4-6-13(10-14)12-30-21(33)20(32)29-37(30,35)36/h4-11H,12H2,1-3H3,(H,29,32)(H2,26,27,34). The lowest BCUT2D eigenvalue weighted by Gasteiger charge is -2.15.